The van der Waals surface area contributed by atoms with Crippen molar-refractivity contribution in [2.75, 3.05) is 33.4 Å². The second-order valence-electron chi connectivity index (χ2n) is 8.29. The summed E-state index contributed by atoms with van der Waals surface area (Å²) in [6, 6.07) is 13.7. The lowest BCUT2D eigenvalue weighted by Gasteiger charge is -2.28. The molecule has 0 aliphatic carbocycles. The summed E-state index contributed by atoms with van der Waals surface area (Å²) in [5.41, 5.74) is 0.722. The van der Waals surface area contributed by atoms with Gasteiger partial charge in [-0.1, -0.05) is 41.9 Å². The zero-order chi connectivity index (χ0) is 27.4. The minimum atomic E-state index is -4.65. The maximum Gasteiger partial charge on any atom is 0.418 e. The molecule has 0 radical (unpaired) electrons. The van der Waals surface area contributed by atoms with E-state index in [0.29, 0.717) is 34.3 Å². The molecule has 0 amide bonds. The van der Waals surface area contributed by atoms with Crippen LogP contribution in [0, 0.1) is 0 Å². The second kappa shape index (κ2) is 11.3. The van der Waals surface area contributed by atoms with Gasteiger partial charge in [0.05, 0.1) is 56.5 Å². The first-order valence-electron chi connectivity index (χ1n) is 11.6. The van der Waals surface area contributed by atoms with E-state index < -0.39 is 17.8 Å². The number of hydrogen-bond acceptors (Lipinski definition) is 6. The van der Waals surface area contributed by atoms with Gasteiger partial charge in [-0.2, -0.15) is 18.3 Å². The molecule has 38 heavy (non-hydrogen) atoms. The smallest absolute Gasteiger partial charge is 0.418 e. The minimum Gasteiger partial charge on any atom is -0.493 e. The highest BCUT2D eigenvalue weighted by atomic mass is 35.5. The Morgan fingerprint density at radius 1 is 0.842 bits per heavy atom. The number of rotatable bonds is 8. The van der Waals surface area contributed by atoms with Crippen LogP contribution < -0.4 is 24.0 Å². The van der Waals surface area contributed by atoms with Gasteiger partial charge in [0, 0.05) is 17.5 Å². The van der Waals surface area contributed by atoms with E-state index in [-0.39, 0.29) is 17.1 Å². The van der Waals surface area contributed by atoms with Crippen LogP contribution in [0.2, 0.25) is 5.02 Å². The van der Waals surface area contributed by atoms with Gasteiger partial charge < -0.3 is 18.9 Å². The molecule has 3 aromatic rings. The lowest BCUT2D eigenvalue weighted by atomic mass is 9.98. The quantitative estimate of drug-likeness (QED) is 0.294. The molecular formula is C28H26ClF3N2O4. The molecule has 1 heterocycles. The number of hydrogen-bond donors (Lipinski definition) is 0. The molecule has 0 fully saturated rings. The van der Waals surface area contributed by atoms with Crippen molar-refractivity contribution in [2.24, 2.45) is 5.10 Å². The van der Waals surface area contributed by atoms with Gasteiger partial charge in [-0.3, -0.25) is 5.01 Å². The summed E-state index contributed by atoms with van der Waals surface area (Å²) in [5, 5.41) is 5.84. The number of hydrazone groups is 1. The van der Waals surface area contributed by atoms with Crippen molar-refractivity contribution in [3.8, 4) is 23.0 Å². The Morgan fingerprint density at radius 2 is 1.47 bits per heavy atom. The first-order valence-corrected chi connectivity index (χ1v) is 11.9. The monoisotopic (exact) mass is 546 g/mol. The van der Waals surface area contributed by atoms with Crippen LogP contribution in [0.25, 0.3) is 6.08 Å². The van der Waals surface area contributed by atoms with Gasteiger partial charge in [0.25, 0.3) is 0 Å². The van der Waals surface area contributed by atoms with E-state index >= 15 is 0 Å². The maximum atomic E-state index is 14.1. The van der Waals surface area contributed by atoms with E-state index in [0.717, 1.165) is 11.6 Å². The molecule has 0 saturated heterocycles. The molecular weight excluding hydrogens is 521 g/mol. The highest BCUT2D eigenvalue weighted by Crippen LogP contribution is 2.48. The highest BCUT2D eigenvalue weighted by molar-refractivity contribution is 6.33. The van der Waals surface area contributed by atoms with Crippen LogP contribution in [-0.4, -0.2) is 34.2 Å². The summed E-state index contributed by atoms with van der Waals surface area (Å²) in [5.74, 6) is 1.93. The molecule has 3 aromatic carbocycles. The molecule has 1 atom stereocenters. The van der Waals surface area contributed by atoms with E-state index in [2.05, 4.69) is 5.10 Å². The zero-order valence-corrected chi connectivity index (χ0v) is 21.9. The largest absolute Gasteiger partial charge is 0.493 e. The molecule has 0 bridgehead atoms. The fraction of sp³-hybridized carbons (Fsp3) is 0.250. The molecule has 6 nitrogen and oxygen atoms in total. The highest BCUT2D eigenvalue weighted by Gasteiger charge is 2.40. The third kappa shape index (κ3) is 5.24. The number of ether oxygens (including phenoxy) is 4. The van der Waals surface area contributed by atoms with Crippen LogP contribution in [0.1, 0.15) is 29.2 Å². The number of alkyl halides is 3. The van der Waals surface area contributed by atoms with E-state index in [1.165, 1.54) is 45.6 Å². The van der Waals surface area contributed by atoms with Crippen LogP contribution in [-0.2, 0) is 6.18 Å². The van der Waals surface area contributed by atoms with E-state index in [4.69, 9.17) is 30.5 Å². The van der Waals surface area contributed by atoms with Crippen molar-refractivity contribution in [3.05, 3.63) is 82.4 Å². The predicted octanol–water partition coefficient (Wildman–Crippen LogP) is 7.41. The Bertz CT molecular complexity index is 1370. The topological polar surface area (TPSA) is 52.5 Å². The molecule has 4 rings (SSSR count). The van der Waals surface area contributed by atoms with Gasteiger partial charge in [-0.05, 0) is 36.4 Å². The molecule has 1 aliphatic rings. The van der Waals surface area contributed by atoms with Gasteiger partial charge in [0.15, 0.2) is 23.0 Å². The number of nitrogens with zero attached hydrogens (tertiary/aromatic N) is 2. The first kappa shape index (κ1) is 27.2. The molecule has 0 N–H and O–H groups in total. The lowest BCUT2D eigenvalue weighted by molar-refractivity contribution is -0.137. The molecule has 1 aliphatic heterocycles. The standard InChI is InChI=1S/C28H26ClF3N2O4/c1-35-23-12-5-8-17(26(23)37-3)14-15-18-16-22(19-9-6-13-24(36-2)27(19)38-4)34(33-18)25-20(28(30,31)32)10-7-11-21(25)29/h5-15,22H,16H2,1-4H3/b15-14+/t22-/m0/s1. The van der Waals surface area contributed by atoms with Crippen LogP contribution >= 0.6 is 11.6 Å². The van der Waals surface area contributed by atoms with Crippen molar-refractivity contribution in [2.45, 2.75) is 18.6 Å². The van der Waals surface area contributed by atoms with Crippen molar-refractivity contribution >= 4 is 29.1 Å². The molecule has 0 saturated carbocycles. The number of anilines is 1. The van der Waals surface area contributed by atoms with Crippen LogP contribution in [0.3, 0.4) is 0 Å². The molecule has 0 spiro atoms. The number of allylic oxidation sites excluding steroid dienone is 1. The van der Waals surface area contributed by atoms with Crippen molar-refractivity contribution in [1.82, 2.24) is 0 Å². The van der Waals surface area contributed by atoms with Crippen LogP contribution in [0.15, 0.2) is 65.8 Å². The molecule has 10 heteroatoms. The van der Waals surface area contributed by atoms with E-state index in [1.807, 2.05) is 12.1 Å². The lowest BCUT2D eigenvalue weighted by Crippen LogP contribution is -2.23. The van der Waals surface area contributed by atoms with Gasteiger partial charge in [0.2, 0.25) is 0 Å². The predicted molar refractivity (Wildman–Crippen MR) is 142 cm³/mol. The Labute approximate surface area is 223 Å². The van der Waals surface area contributed by atoms with Crippen molar-refractivity contribution in [1.29, 1.82) is 0 Å². The first-order chi connectivity index (χ1) is 18.2. The summed E-state index contributed by atoms with van der Waals surface area (Å²) >= 11 is 6.38. The Balaban J connectivity index is 1.85. The molecule has 0 aromatic heterocycles. The third-order valence-corrected chi connectivity index (χ3v) is 6.44. The SMILES string of the molecule is COc1cccc(/C=C/C2=NN(c3c(Cl)cccc3C(F)(F)F)[C@H](c3cccc(OC)c3OC)C2)c1OC. The molecule has 0 unspecified atom stereocenters. The van der Waals surface area contributed by atoms with Gasteiger partial charge in [0.1, 0.15) is 0 Å². The number of methoxy groups -OCH3 is 4. The third-order valence-electron chi connectivity index (χ3n) is 6.14. The van der Waals surface area contributed by atoms with Crippen molar-refractivity contribution < 1.29 is 32.1 Å². The Hall–Kier alpha value is -3.85. The van der Waals surface area contributed by atoms with Gasteiger partial charge >= 0.3 is 6.18 Å². The molecule has 200 valence electrons. The average molecular weight is 547 g/mol. The summed E-state index contributed by atoms with van der Waals surface area (Å²) in [6.45, 7) is 0. The number of para-hydroxylation sites is 3. The second-order valence-corrected chi connectivity index (χ2v) is 8.70. The zero-order valence-electron chi connectivity index (χ0n) is 21.2. The summed E-state index contributed by atoms with van der Waals surface area (Å²) < 4.78 is 64.1. The maximum absolute atomic E-state index is 14.1. The fourth-order valence-corrected chi connectivity index (χ4v) is 4.72. The summed E-state index contributed by atoms with van der Waals surface area (Å²) in [6.07, 6.45) is -0.859. The normalized spacial score (nSPS) is 15.5. The van der Waals surface area contributed by atoms with Crippen LogP contribution in [0.4, 0.5) is 18.9 Å². The van der Waals surface area contributed by atoms with E-state index in [1.54, 1.807) is 36.4 Å². The van der Waals surface area contributed by atoms with Crippen LogP contribution in [0.5, 0.6) is 23.0 Å². The minimum absolute atomic E-state index is 0.0740. The number of benzene rings is 3. The van der Waals surface area contributed by atoms with Gasteiger partial charge in [-0.15, -0.1) is 0 Å². The average Bonchev–Trinajstić information content (AvgIpc) is 3.33. The number of halogens is 4. The fourth-order valence-electron chi connectivity index (χ4n) is 4.46. The van der Waals surface area contributed by atoms with Crippen molar-refractivity contribution in [3.63, 3.8) is 0 Å². The van der Waals surface area contributed by atoms with E-state index in [9.17, 15) is 13.2 Å². The Morgan fingerprint density at radius 3 is 2.11 bits per heavy atom. The Kier molecular flexibility index (Phi) is 8.06. The summed E-state index contributed by atoms with van der Waals surface area (Å²) in [4.78, 5) is 0. The summed E-state index contributed by atoms with van der Waals surface area (Å²) in [7, 11) is 6.05. The van der Waals surface area contributed by atoms with Gasteiger partial charge in [-0.25, -0.2) is 0 Å².